The van der Waals surface area contributed by atoms with Crippen molar-refractivity contribution in [2.24, 2.45) is 0 Å². The second kappa shape index (κ2) is 5.97. The Hall–Kier alpha value is -2.34. The van der Waals surface area contributed by atoms with E-state index < -0.39 is 35.4 Å². The molecule has 1 unspecified atom stereocenters. The summed E-state index contributed by atoms with van der Waals surface area (Å²) in [5, 5.41) is 12.1. The van der Waals surface area contributed by atoms with Crippen LogP contribution in [0.25, 0.3) is 0 Å². The molecule has 0 spiro atoms. The average Bonchev–Trinajstić information content (AvgIpc) is 2.50. The van der Waals surface area contributed by atoms with Crippen molar-refractivity contribution < 1.29 is 18.7 Å². The molecule has 4 nitrogen and oxygen atoms in total. The lowest BCUT2D eigenvalue weighted by Crippen LogP contribution is -2.46. The number of aliphatic hydroxyl groups is 1. The number of amides is 1. The highest BCUT2D eigenvalue weighted by Crippen LogP contribution is 2.21. The van der Waals surface area contributed by atoms with E-state index in [1.165, 1.54) is 0 Å². The summed E-state index contributed by atoms with van der Waals surface area (Å²) in [6, 6.07) is 9.82. The van der Waals surface area contributed by atoms with E-state index in [1.807, 2.05) is 0 Å². The molecule has 0 saturated carbocycles. The van der Waals surface area contributed by atoms with Gasteiger partial charge in [0.25, 0.3) is 5.91 Å². The first-order valence-corrected chi connectivity index (χ1v) is 6.27. The van der Waals surface area contributed by atoms with Crippen LogP contribution in [0.4, 0.5) is 8.78 Å². The maximum Gasteiger partial charge on any atom is 0.255 e. The van der Waals surface area contributed by atoms with Crippen LogP contribution in [0.5, 0.6) is 0 Å². The van der Waals surface area contributed by atoms with E-state index >= 15 is 0 Å². The lowest BCUT2D eigenvalue weighted by atomic mass is 9.92. The molecule has 0 saturated heterocycles. The molecule has 1 aromatic heterocycles. The number of nitrogens with zero attached hydrogens (tertiary/aromatic N) is 1. The zero-order chi connectivity index (χ0) is 15.5. The molecular formula is C15H14F2N2O2. The maximum absolute atomic E-state index is 13.6. The fraction of sp³-hybridized carbons (Fsp3) is 0.200. The summed E-state index contributed by atoms with van der Waals surface area (Å²) in [6.07, 6.45) is 1.01. The highest BCUT2D eigenvalue weighted by molar-refractivity contribution is 5.94. The van der Waals surface area contributed by atoms with Crippen LogP contribution in [0, 0.1) is 11.8 Å². The minimum Gasteiger partial charge on any atom is -0.394 e. The van der Waals surface area contributed by atoms with Gasteiger partial charge in [0.05, 0.1) is 17.7 Å². The first-order chi connectivity index (χ1) is 9.98. The SMILES string of the molecule is CC(CO)(NC(=O)c1ccnc(F)c1F)c1ccccc1. The number of rotatable bonds is 4. The lowest BCUT2D eigenvalue weighted by molar-refractivity contribution is 0.0844. The molecule has 2 aromatic rings. The molecule has 6 heteroatoms. The number of aromatic nitrogens is 1. The van der Waals surface area contributed by atoms with Crippen LogP contribution in [-0.4, -0.2) is 22.6 Å². The third-order valence-corrected chi connectivity index (χ3v) is 3.21. The molecule has 1 heterocycles. The van der Waals surface area contributed by atoms with E-state index in [0.29, 0.717) is 5.56 Å². The summed E-state index contributed by atoms with van der Waals surface area (Å²) < 4.78 is 26.6. The van der Waals surface area contributed by atoms with Gasteiger partial charge < -0.3 is 10.4 Å². The van der Waals surface area contributed by atoms with Gasteiger partial charge in [-0.15, -0.1) is 0 Å². The number of pyridine rings is 1. The van der Waals surface area contributed by atoms with Crippen molar-refractivity contribution in [3.63, 3.8) is 0 Å². The van der Waals surface area contributed by atoms with Gasteiger partial charge in [-0.05, 0) is 18.6 Å². The Morgan fingerprint density at radius 2 is 1.95 bits per heavy atom. The molecule has 1 atom stereocenters. The predicted molar refractivity (Wildman–Crippen MR) is 72.5 cm³/mol. The van der Waals surface area contributed by atoms with E-state index in [0.717, 1.165) is 12.3 Å². The number of halogens is 2. The van der Waals surface area contributed by atoms with Gasteiger partial charge in [-0.2, -0.15) is 4.39 Å². The minimum atomic E-state index is -1.34. The molecule has 0 aliphatic rings. The van der Waals surface area contributed by atoms with Crippen LogP contribution >= 0.6 is 0 Å². The van der Waals surface area contributed by atoms with E-state index in [9.17, 15) is 18.7 Å². The van der Waals surface area contributed by atoms with E-state index in [4.69, 9.17) is 0 Å². The molecule has 0 aliphatic carbocycles. The summed E-state index contributed by atoms with van der Waals surface area (Å²) in [4.78, 5) is 15.2. The van der Waals surface area contributed by atoms with Crippen molar-refractivity contribution in [3.8, 4) is 0 Å². The number of carbonyl (C=O) groups is 1. The van der Waals surface area contributed by atoms with Crippen LogP contribution in [0.1, 0.15) is 22.8 Å². The smallest absolute Gasteiger partial charge is 0.255 e. The number of carbonyl (C=O) groups excluding carboxylic acids is 1. The largest absolute Gasteiger partial charge is 0.394 e. The average molecular weight is 292 g/mol. The van der Waals surface area contributed by atoms with Gasteiger partial charge in [0.15, 0.2) is 5.82 Å². The van der Waals surface area contributed by atoms with Crippen molar-refractivity contribution in [1.29, 1.82) is 0 Å². The summed E-state index contributed by atoms with van der Waals surface area (Å²) in [6.45, 7) is 1.20. The molecule has 110 valence electrons. The van der Waals surface area contributed by atoms with Crippen molar-refractivity contribution in [3.05, 3.63) is 65.5 Å². The summed E-state index contributed by atoms with van der Waals surface area (Å²) in [5.41, 5.74) is -0.918. The van der Waals surface area contributed by atoms with E-state index in [1.54, 1.807) is 37.3 Å². The topological polar surface area (TPSA) is 62.2 Å². The zero-order valence-electron chi connectivity index (χ0n) is 11.3. The summed E-state index contributed by atoms with van der Waals surface area (Å²) in [7, 11) is 0. The Kier molecular flexibility index (Phi) is 4.28. The number of benzene rings is 1. The van der Waals surface area contributed by atoms with Crippen molar-refractivity contribution in [2.45, 2.75) is 12.5 Å². The Balaban J connectivity index is 2.30. The normalized spacial score (nSPS) is 13.5. The molecule has 2 rings (SSSR count). The van der Waals surface area contributed by atoms with Gasteiger partial charge in [-0.3, -0.25) is 4.79 Å². The standard InChI is InChI=1S/C15H14F2N2O2/c1-15(9-20,10-5-3-2-4-6-10)19-14(21)11-7-8-18-13(17)12(11)16/h2-8,20H,9H2,1H3,(H,19,21). The third kappa shape index (κ3) is 3.05. The van der Waals surface area contributed by atoms with Crippen LogP contribution in [-0.2, 0) is 5.54 Å². The van der Waals surface area contributed by atoms with Crippen molar-refractivity contribution in [1.82, 2.24) is 10.3 Å². The van der Waals surface area contributed by atoms with Crippen LogP contribution in [0.2, 0.25) is 0 Å². The van der Waals surface area contributed by atoms with Crippen LogP contribution < -0.4 is 5.32 Å². The highest BCUT2D eigenvalue weighted by atomic mass is 19.2. The fourth-order valence-corrected chi connectivity index (χ4v) is 1.92. The van der Waals surface area contributed by atoms with Gasteiger partial charge in [-0.1, -0.05) is 30.3 Å². The molecule has 1 aromatic carbocycles. The summed E-state index contributed by atoms with van der Waals surface area (Å²) in [5.74, 6) is -3.48. The van der Waals surface area contributed by atoms with Crippen molar-refractivity contribution in [2.75, 3.05) is 6.61 Å². The van der Waals surface area contributed by atoms with Crippen molar-refractivity contribution >= 4 is 5.91 Å². The maximum atomic E-state index is 13.6. The number of hydrogen-bond acceptors (Lipinski definition) is 3. The Morgan fingerprint density at radius 1 is 1.29 bits per heavy atom. The molecule has 1 amide bonds. The molecule has 2 N–H and O–H groups in total. The molecule has 0 radical (unpaired) electrons. The number of nitrogens with one attached hydrogen (secondary N) is 1. The Labute approximate surface area is 120 Å². The first kappa shape index (κ1) is 15.1. The second-order valence-corrected chi connectivity index (χ2v) is 4.77. The Morgan fingerprint density at radius 3 is 2.57 bits per heavy atom. The van der Waals surface area contributed by atoms with E-state index in [-0.39, 0.29) is 0 Å². The van der Waals surface area contributed by atoms with Gasteiger partial charge in [0, 0.05) is 6.20 Å². The summed E-state index contributed by atoms with van der Waals surface area (Å²) >= 11 is 0. The molecule has 21 heavy (non-hydrogen) atoms. The number of aliphatic hydroxyl groups excluding tert-OH is 1. The second-order valence-electron chi connectivity index (χ2n) is 4.77. The fourth-order valence-electron chi connectivity index (χ4n) is 1.92. The predicted octanol–water partition coefficient (Wildman–Crippen LogP) is 2.00. The number of hydrogen-bond donors (Lipinski definition) is 2. The van der Waals surface area contributed by atoms with E-state index in [2.05, 4.69) is 10.3 Å². The Bertz CT molecular complexity index is 649. The third-order valence-electron chi connectivity index (χ3n) is 3.21. The molecule has 0 bridgehead atoms. The van der Waals surface area contributed by atoms with Gasteiger partial charge in [0.1, 0.15) is 0 Å². The minimum absolute atomic E-state index is 0.391. The molecule has 0 fully saturated rings. The van der Waals surface area contributed by atoms with Crippen LogP contribution in [0.3, 0.4) is 0 Å². The van der Waals surface area contributed by atoms with Gasteiger partial charge in [-0.25, -0.2) is 9.37 Å². The highest BCUT2D eigenvalue weighted by Gasteiger charge is 2.29. The lowest BCUT2D eigenvalue weighted by Gasteiger charge is -2.29. The zero-order valence-corrected chi connectivity index (χ0v) is 11.3. The molecule has 0 aliphatic heterocycles. The monoisotopic (exact) mass is 292 g/mol. The van der Waals surface area contributed by atoms with Gasteiger partial charge >= 0.3 is 0 Å². The van der Waals surface area contributed by atoms with Crippen LogP contribution in [0.15, 0.2) is 42.6 Å². The quantitative estimate of drug-likeness (QED) is 0.847. The molecular weight excluding hydrogens is 278 g/mol. The first-order valence-electron chi connectivity index (χ1n) is 6.27. The van der Waals surface area contributed by atoms with Gasteiger partial charge in [0.2, 0.25) is 5.95 Å².